The van der Waals surface area contributed by atoms with E-state index in [0.29, 0.717) is 13.0 Å². The molecule has 0 aliphatic heterocycles. The maximum atomic E-state index is 10.9. The standard InChI is InChI=1S/C13H18BrNO3/c1-9-3-4-10(14)7-12(9)15-8-11(16)5-6-13(17)18-2/h3-4,7,11,15-16H,5-6,8H2,1-2H3. The summed E-state index contributed by atoms with van der Waals surface area (Å²) < 4.78 is 5.51. The molecule has 1 aromatic rings. The highest BCUT2D eigenvalue weighted by Crippen LogP contribution is 2.20. The minimum atomic E-state index is -0.567. The molecule has 2 N–H and O–H groups in total. The second-order valence-corrected chi connectivity index (χ2v) is 5.02. The zero-order valence-corrected chi connectivity index (χ0v) is 12.2. The van der Waals surface area contributed by atoms with Crippen LogP contribution in [0.2, 0.25) is 0 Å². The first-order valence-electron chi connectivity index (χ1n) is 5.78. The van der Waals surface area contributed by atoms with Gasteiger partial charge in [0.1, 0.15) is 0 Å². The number of hydrogen-bond acceptors (Lipinski definition) is 4. The number of hydrogen-bond donors (Lipinski definition) is 2. The molecule has 0 spiro atoms. The smallest absolute Gasteiger partial charge is 0.305 e. The van der Waals surface area contributed by atoms with Gasteiger partial charge < -0.3 is 15.2 Å². The van der Waals surface area contributed by atoms with E-state index >= 15 is 0 Å². The zero-order chi connectivity index (χ0) is 13.5. The first-order chi connectivity index (χ1) is 8.52. The highest BCUT2D eigenvalue weighted by atomic mass is 79.9. The second kappa shape index (κ2) is 7.38. The molecular formula is C13H18BrNO3. The van der Waals surface area contributed by atoms with E-state index in [-0.39, 0.29) is 12.4 Å². The maximum Gasteiger partial charge on any atom is 0.305 e. The summed E-state index contributed by atoms with van der Waals surface area (Å²) in [6, 6.07) is 5.92. The molecule has 0 aliphatic rings. The quantitative estimate of drug-likeness (QED) is 0.792. The molecule has 0 aromatic heterocycles. The van der Waals surface area contributed by atoms with Crippen molar-refractivity contribution in [2.45, 2.75) is 25.9 Å². The van der Waals surface area contributed by atoms with E-state index in [1.54, 1.807) is 0 Å². The van der Waals surface area contributed by atoms with Crippen LogP contribution in [0.3, 0.4) is 0 Å². The average molecular weight is 316 g/mol. The molecule has 0 aliphatic carbocycles. The topological polar surface area (TPSA) is 58.6 Å². The fourth-order valence-electron chi connectivity index (χ4n) is 1.50. The molecule has 0 saturated heterocycles. The molecule has 1 rings (SSSR count). The van der Waals surface area contributed by atoms with Crippen molar-refractivity contribution < 1.29 is 14.6 Å². The van der Waals surface area contributed by atoms with Crippen molar-refractivity contribution in [2.75, 3.05) is 19.0 Å². The van der Waals surface area contributed by atoms with Crippen LogP contribution in [0, 0.1) is 6.92 Å². The minimum absolute atomic E-state index is 0.233. The highest BCUT2D eigenvalue weighted by Gasteiger charge is 2.08. The van der Waals surface area contributed by atoms with Crippen LogP contribution in [0.25, 0.3) is 0 Å². The van der Waals surface area contributed by atoms with E-state index in [2.05, 4.69) is 26.0 Å². The number of ether oxygens (including phenoxy) is 1. The van der Waals surface area contributed by atoms with Crippen LogP contribution in [-0.2, 0) is 9.53 Å². The first kappa shape index (κ1) is 15.0. The number of benzene rings is 1. The van der Waals surface area contributed by atoms with E-state index in [0.717, 1.165) is 15.7 Å². The van der Waals surface area contributed by atoms with E-state index < -0.39 is 6.10 Å². The van der Waals surface area contributed by atoms with Crippen LogP contribution in [0.4, 0.5) is 5.69 Å². The Hall–Kier alpha value is -1.07. The Labute approximate surface area is 115 Å². The number of carbonyl (C=O) groups is 1. The summed E-state index contributed by atoms with van der Waals surface area (Å²) in [5.41, 5.74) is 2.08. The molecule has 18 heavy (non-hydrogen) atoms. The molecule has 0 amide bonds. The Morgan fingerprint density at radius 1 is 1.56 bits per heavy atom. The predicted molar refractivity (Wildman–Crippen MR) is 74.6 cm³/mol. The number of rotatable bonds is 6. The third-order valence-corrected chi connectivity index (χ3v) is 3.13. The lowest BCUT2D eigenvalue weighted by atomic mass is 10.1. The summed E-state index contributed by atoms with van der Waals surface area (Å²) in [5, 5.41) is 12.9. The van der Waals surface area contributed by atoms with Gasteiger partial charge in [-0.1, -0.05) is 22.0 Å². The van der Waals surface area contributed by atoms with Crippen LogP contribution < -0.4 is 5.32 Å². The van der Waals surface area contributed by atoms with Gasteiger partial charge >= 0.3 is 5.97 Å². The van der Waals surface area contributed by atoms with Crippen LogP contribution in [0.15, 0.2) is 22.7 Å². The van der Waals surface area contributed by atoms with Crippen molar-refractivity contribution in [2.24, 2.45) is 0 Å². The number of aliphatic hydroxyl groups is 1. The minimum Gasteiger partial charge on any atom is -0.469 e. The molecular weight excluding hydrogens is 298 g/mol. The van der Waals surface area contributed by atoms with Gasteiger partial charge in [-0.15, -0.1) is 0 Å². The monoisotopic (exact) mass is 315 g/mol. The van der Waals surface area contributed by atoms with Crippen molar-refractivity contribution in [3.05, 3.63) is 28.2 Å². The zero-order valence-electron chi connectivity index (χ0n) is 10.6. The third kappa shape index (κ3) is 5.06. The van der Waals surface area contributed by atoms with Gasteiger partial charge in [0.15, 0.2) is 0 Å². The SMILES string of the molecule is COC(=O)CCC(O)CNc1cc(Br)ccc1C. The maximum absolute atomic E-state index is 10.9. The Morgan fingerprint density at radius 2 is 2.28 bits per heavy atom. The van der Waals surface area contributed by atoms with Crippen molar-refractivity contribution >= 4 is 27.6 Å². The van der Waals surface area contributed by atoms with Crippen molar-refractivity contribution in [1.82, 2.24) is 0 Å². The number of aryl methyl sites for hydroxylation is 1. The second-order valence-electron chi connectivity index (χ2n) is 4.11. The number of halogens is 1. The van der Waals surface area contributed by atoms with Gasteiger partial charge in [-0.2, -0.15) is 0 Å². The normalized spacial score (nSPS) is 12.0. The largest absolute Gasteiger partial charge is 0.469 e. The predicted octanol–water partition coefficient (Wildman–Crippen LogP) is 2.48. The van der Waals surface area contributed by atoms with E-state index in [1.165, 1.54) is 7.11 Å². The van der Waals surface area contributed by atoms with E-state index in [9.17, 15) is 9.90 Å². The van der Waals surface area contributed by atoms with Crippen molar-refractivity contribution in [3.8, 4) is 0 Å². The fraction of sp³-hybridized carbons (Fsp3) is 0.462. The number of esters is 1. The molecule has 1 atom stereocenters. The molecule has 0 bridgehead atoms. The molecule has 1 unspecified atom stereocenters. The summed E-state index contributed by atoms with van der Waals surface area (Å²) in [7, 11) is 1.35. The lowest BCUT2D eigenvalue weighted by Crippen LogP contribution is -2.21. The average Bonchev–Trinajstić information content (AvgIpc) is 2.36. The number of carbonyl (C=O) groups excluding carboxylic acids is 1. The molecule has 1 aromatic carbocycles. The van der Waals surface area contributed by atoms with Gasteiger partial charge in [0.25, 0.3) is 0 Å². The van der Waals surface area contributed by atoms with Crippen molar-refractivity contribution in [1.29, 1.82) is 0 Å². The molecule has 5 heteroatoms. The van der Waals surface area contributed by atoms with E-state index in [1.807, 2.05) is 25.1 Å². The van der Waals surface area contributed by atoms with Crippen molar-refractivity contribution in [3.63, 3.8) is 0 Å². The third-order valence-electron chi connectivity index (χ3n) is 2.64. The van der Waals surface area contributed by atoms with Gasteiger partial charge in [-0.25, -0.2) is 0 Å². The number of nitrogens with one attached hydrogen (secondary N) is 1. The molecule has 0 radical (unpaired) electrons. The lowest BCUT2D eigenvalue weighted by molar-refractivity contribution is -0.141. The molecule has 4 nitrogen and oxygen atoms in total. The highest BCUT2D eigenvalue weighted by molar-refractivity contribution is 9.10. The molecule has 0 saturated carbocycles. The number of aliphatic hydroxyl groups excluding tert-OH is 1. The van der Waals surface area contributed by atoms with E-state index in [4.69, 9.17) is 0 Å². The summed E-state index contributed by atoms with van der Waals surface area (Å²) in [6.07, 6.45) is 0.0614. The first-order valence-corrected chi connectivity index (χ1v) is 6.57. The summed E-state index contributed by atoms with van der Waals surface area (Å²) in [5.74, 6) is -0.298. The Bertz CT molecular complexity index is 409. The summed E-state index contributed by atoms with van der Waals surface area (Å²) in [6.45, 7) is 2.41. The Morgan fingerprint density at radius 3 is 2.94 bits per heavy atom. The van der Waals surface area contributed by atoms with Crippen LogP contribution in [0.5, 0.6) is 0 Å². The van der Waals surface area contributed by atoms with Gasteiger partial charge in [0.2, 0.25) is 0 Å². The van der Waals surface area contributed by atoms with Gasteiger partial charge in [0.05, 0.1) is 13.2 Å². The fourth-order valence-corrected chi connectivity index (χ4v) is 1.86. The van der Waals surface area contributed by atoms with Gasteiger partial charge in [-0.05, 0) is 31.0 Å². The van der Waals surface area contributed by atoms with Gasteiger partial charge in [-0.3, -0.25) is 4.79 Å². The van der Waals surface area contributed by atoms with Crippen LogP contribution in [-0.4, -0.2) is 30.8 Å². The molecule has 0 fully saturated rings. The molecule has 100 valence electrons. The van der Waals surface area contributed by atoms with Crippen LogP contribution in [0.1, 0.15) is 18.4 Å². The summed E-state index contributed by atoms with van der Waals surface area (Å²) in [4.78, 5) is 10.9. The number of methoxy groups -OCH3 is 1. The van der Waals surface area contributed by atoms with Gasteiger partial charge in [0, 0.05) is 23.1 Å². The Balaban J connectivity index is 2.40. The molecule has 0 heterocycles. The number of anilines is 1. The Kier molecular flexibility index (Phi) is 6.15. The lowest BCUT2D eigenvalue weighted by Gasteiger charge is -2.14. The summed E-state index contributed by atoms with van der Waals surface area (Å²) >= 11 is 3.40. The van der Waals surface area contributed by atoms with Crippen LogP contribution >= 0.6 is 15.9 Å².